The van der Waals surface area contributed by atoms with Gasteiger partial charge in [-0.25, -0.2) is 0 Å². The number of hydrogen-bond acceptors (Lipinski definition) is 8. The molecular weight excluding hydrogens is 332 g/mol. The topological polar surface area (TPSA) is 119 Å². The van der Waals surface area contributed by atoms with E-state index in [1.165, 1.54) is 14.0 Å². The van der Waals surface area contributed by atoms with Crippen LogP contribution in [0, 0.1) is 22.2 Å². The van der Waals surface area contributed by atoms with Crippen LogP contribution in [0.3, 0.4) is 0 Å². The van der Waals surface area contributed by atoms with Crippen molar-refractivity contribution < 1.29 is 38.8 Å². The summed E-state index contributed by atoms with van der Waals surface area (Å²) < 4.78 is 15.6. The van der Waals surface area contributed by atoms with Crippen LogP contribution < -0.4 is 0 Å². The van der Waals surface area contributed by atoms with Gasteiger partial charge in [0.05, 0.1) is 41.3 Å². The molecule has 2 saturated heterocycles. The molecular formula is C17H22O8. The van der Waals surface area contributed by atoms with Gasteiger partial charge in [0, 0.05) is 0 Å². The molecule has 4 rings (SSSR count). The van der Waals surface area contributed by atoms with Crippen molar-refractivity contribution >= 4 is 17.9 Å². The summed E-state index contributed by atoms with van der Waals surface area (Å²) in [6.45, 7) is 4.72. The number of aliphatic hydroxyl groups is 2. The monoisotopic (exact) mass is 354 g/mol. The number of esters is 3. The molecule has 0 amide bonds. The molecule has 0 aromatic carbocycles. The lowest BCUT2D eigenvalue weighted by Crippen LogP contribution is -2.59. The predicted molar refractivity (Wildman–Crippen MR) is 79.5 cm³/mol. The third kappa shape index (κ3) is 1.27. The first-order valence-corrected chi connectivity index (χ1v) is 8.37. The second kappa shape index (κ2) is 4.17. The normalized spacial score (nSPS) is 56.1. The summed E-state index contributed by atoms with van der Waals surface area (Å²) in [7, 11) is 1.19. The van der Waals surface area contributed by atoms with Crippen LogP contribution in [0.25, 0.3) is 0 Å². The van der Waals surface area contributed by atoms with E-state index in [1.54, 1.807) is 13.8 Å². The van der Waals surface area contributed by atoms with Gasteiger partial charge in [0.15, 0.2) is 0 Å². The number of ether oxygens (including phenoxy) is 3. The van der Waals surface area contributed by atoms with Gasteiger partial charge in [-0.3, -0.25) is 14.4 Å². The maximum atomic E-state index is 12.8. The van der Waals surface area contributed by atoms with Crippen LogP contribution >= 0.6 is 0 Å². The molecule has 8 nitrogen and oxygen atoms in total. The van der Waals surface area contributed by atoms with Crippen molar-refractivity contribution in [2.24, 2.45) is 22.2 Å². The van der Waals surface area contributed by atoms with Crippen LogP contribution in [0.1, 0.15) is 40.0 Å². The van der Waals surface area contributed by atoms with Gasteiger partial charge in [-0.2, -0.15) is 0 Å². The number of carbonyl (C=O) groups excluding carboxylic acids is 3. The van der Waals surface area contributed by atoms with Crippen LogP contribution in [0.15, 0.2) is 0 Å². The molecule has 0 bridgehead atoms. The number of hydrogen-bond donors (Lipinski definition) is 2. The molecule has 1 spiro atoms. The van der Waals surface area contributed by atoms with Gasteiger partial charge in [-0.05, 0) is 33.6 Å². The molecule has 7 atom stereocenters. The van der Waals surface area contributed by atoms with Crippen molar-refractivity contribution in [1.82, 2.24) is 0 Å². The van der Waals surface area contributed by atoms with Gasteiger partial charge < -0.3 is 24.4 Å². The zero-order chi connectivity index (χ0) is 18.6. The fraction of sp³-hybridized carbons (Fsp3) is 0.824. The van der Waals surface area contributed by atoms with Gasteiger partial charge in [-0.15, -0.1) is 0 Å². The molecule has 25 heavy (non-hydrogen) atoms. The standard InChI is InChI=1S/C17H22O8/c1-13-5-6-17(22)15(3)12(21)24-11(20)14(15,2)9(10(19)23-4)16(13,17)7-8(18)25-13/h9,12,21-22H,5-7H2,1-4H3/t9-,12+,13-,14-,15+,16+,17-/m0/s1. The highest BCUT2D eigenvalue weighted by Crippen LogP contribution is 2.82. The van der Waals surface area contributed by atoms with Crippen molar-refractivity contribution in [2.45, 2.75) is 57.5 Å². The maximum Gasteiger partial charge on any atom is 0.315 e. The van der Waals surface area contributed by atoms with E-state index in [0.717, 1.165) is 0 Å². The summed E-state index contributed by atoms with van der Waals surface area (Å²) in [5.74, 6) is -3.22. The molecule has 2 heterocycles. The third-order valence-electron chi connectivity index (χ3n) is 7.99. The molecule has 0 radical (unpaired) electrons. The Balaban J connectivity index is 2.10. The Bertz CT molecular complexity index is 719. The van der Waals surface area contributed by atoms with Gasteiger partial charge in [0.2, 0.25) is 6.29 Å². The minimum atomic E-state index is -1.71. The lowest BCUT2D eigenvalue weighted by Gasteiger charge is -2.46. The quantitative estimate of drug-likeness (QED) is 0.495. The smallest absolute Gasteiger partial charge is 0.315 e. The van der Waals surface area contributed by atoms with E-state index in [0.29, 0.717) is 6.42 Å². The summed E-state index contributed by atoms with van der Waals surface area (Å²) in [5.41, 5.74) is -7.24. The molecule has 4 aliphatic rings. The second-order valence-electron chi connectivity index (χ2n) is 8.33. The number of aliphatic hydroxyl groups excluding tert-OH is 1. The highest BCUT2D eigenvalue weighted by atomic mass is 16.6. The Kier molecular flexibility index (Phi) is 2.80. The zero-order valence-electron chi connectivity index (χ0n) is 14.6. The molecule has 4 fully saturated rings. The largest absolute Gasteiger partial charge is 0.469 e. The number of cyclic esters (lactones) is 1. The highest BCUT2D eigenvalue weighted by molar-refractivity contribution is 5.92. The van der Waals surface area contributed by atoms with E-state index in [-0.39, 0.29) is 12.8 Å². The summed E-state index contributed by atoms with van der Waals surface area (Å²) in [4.78, 5) is 37.8. The number of fused-ring (bicyclic) bond motifs is 2. The predicted octanol–water partition coefficient (Wildman–Crippen LogP) is -0.106. The lowest BCUT2D eigenvalue weighted by atomic mass is 9.60. The minimum Gasteiger partial charge on any atom is -0.469 e. The van der Waals surface area contributed by atoms with E-state index in [9.17, 15) is 24.6 Å². The first kappa shape index (κ1) is 16.8. The van der Waals surface area contributed by atoms with E-state index < -0.39 is 57.6 Å². The van der Waals surface area contributed by atoms with Gasteiger partial charge in [0.25, 0.3) is 0 Å². The fourth-order valence-electron chi connectivity index (χ4n) is 6.57. The summed E-state index contributed by atoms with van der Waals surface area (Å²) >= 11 is 0. The molecule has 2 N–H and O–H groups in total. The van der Waals surface area contributed by atoms with Crippen LogP contribution in [-0.2, 0) is 28.6 Å². The number of carbonyl (C=O) groups is 3. The Labute approximate surface area is 144 Å². The van der Waals surface area contributed by atoms with Crippen LogP contribution in [0.2, 0.25) is 0 Å². The maximum absolute atomic E-state index is 12.8. The zero-order valence-corrected chi connectivity index (χ0v) is 14.6. The number of methoxy groups -OCH3 is 1. The Hall–Kier alpha value is -1.67. The minimum absolute atomic E-state index is 0.171. The van der Waals surface area contributed by atoms with Gasteiger partial charge in [-0.1, -0.05) is 0 Å². The van der Waals surface area contributed by atoms with Gasteiger partial charge in [0.1, 0.15) is 5.60 Å². The summed E-state index contributed by atoms with van der Waals surface area (Å²) in [6.07, 6.45) is -1.33. The number of rotatable bonds is 1. The Morgan fingerprint density at radius 2 is 1.88 bits per heavy atom. The lowest BCUT2D eigenvalue weighted by molar-refractivity contribution is -0.218. The van der Waals surface area contributed by atoms with E-state index in [2.05, 4.69) is 0 Å². The Morgan fingerprint density at radius 1 is 1.24 bits per heavy atom. The van der Waals surface area contributed by atoms with Crippen molar-refractivity contribution in [3.8, 4) is 0 Å². The SMILES string of the molecule is COC(=O)[C@@H]1[C@]23CC(=O)O[C@@]2(C)CC[C@]3(O)[C@]2(C)[C@H](O)OC(=O)[C@]12C. The fourth-order valence-corrected chi connectivity index (χ4v) is 6.57. The summed E-state index contributed by atoms with van der Waals surface area (Å²) in [5, 5.41) is 22.4. The van der Waals surface area contributed by atoms with Crippen LogP contribution in [0.5, 0.6) is 0 Å². The van der Waals surface area contributed by atoms with Crippen molar-refractivity contribution in [3.05, 3.63) is 0 Å². The van der Waals surface area contributed by atoms with Gasteiger partial charge >= 0.3 is 17.9 Å². The van der Waals surface area contributed by atoms with Crippen LogP contribution in [-0.4, -0.2) is 52.7 Å². The average molecular weight is 354 g/mol. The average Bonchev–Trinajstić information content (AvgIpc) is 3.03. The first-order chi connectivity index (χ1) is 11.5. The second-order valence-corrected chi connectivity index (χ2v) is 8.33. The molecule has 8 heteroatoms. The first-order valence-electron chi connectivity index (χ1n) is 8.37. The molecule has 0 unspecified atom stereocenters. The molecule has 138 valence electrons. The third-order valence-corrected chi connectivity index (χ3v) is 7.99. The Morgan fingerprint density at radius 3 is 2.48 bits per heavy atom. The van der Waals surface area contributed by atoms with Crippen molar-refractivity contribution in [1.29, 1.82) is 0 Å². The van der Waals surface area contributed by atoms with Crippen LogP contribution in [0.4, 0.5) is 0 Å². The van der Waals surface area contributed by atoms with Crippen molar-refractivity contribution in [2.75, 3.05) is 7.11 Å². The molecule has 2 aliphatic heterocycles. The molecule has 0 aromatic heterocycles. The van der Waals surface area contributed by atoms with E-state index in [4.69, 9.17) is 14.2 Å². The molecule has 0 aromatic rings. The highest BCUT2D eigenvalue weighted by Gasteiger charge is 2.94. The van der Waals surface area contributed by atoms with E-state index >= 15 is 0 Å². The molecule has 2 aliphatic carbocycles. The summed E-state index contributed by atoms with van der Waals surface area (Å²) in [6, 6.07) is 0. The van der Waals surface area contributed by atoms with Crippen molar-refractivity contribution in [3.63, 3.8) is 0 Å². The van der Waals surface area contributed by atoms with E-state index in [1.807, 2.05) is 0 Å². The molecule has 2 saturated carbocycles.